The van der Waals surface area contributed by atoms with Crippen LogP contribution in [-0.2, 0) is 24.0 Å². The van der Waals surface area contributed by atoms with E-state index in [9.17, 15) is 22.8 Å². The number of amides is 3. The number of hydrogen-bond donors (Lipinski definition) is 1. The molecule has 10 nitrogen and oxygen atoms in total. The van der Waals surface area contributed by atoms with Crippen LogP contribution in [0.3, 0.4) is 0 Å². The smallest absolute Gasteiger partial charge is 0.318 e. The minimum Gasteiger partial charge on any atom is -0.322 e. The molecule has 1 aliphatic heterocycles. The Kier molecular flexibility index (Phi) is 7.56. The van der Waals surface area contributed by atoms with Gasteiger partial charge in [-0.25, -0.2) is 0 Å². The van der Waals surface area contributed by atoms with Crippen molar-refractivity contribution in [1.29, 1.82) is 0 Å². The van der Waals surface area contributed by atoms with E-state index in [1.807, 2.05) is 18.4 Å². The Morgan fingerprint density at radius 1 is 0.800 bits per heavy atom. The lowest BCUT2D eigenvalue weighted by Crippen LogP contribution is -2.34. The molecule has 200 valence electrons. The normalized spacial score (nSPS) is 13.6. The zero-order valence-corrected chi connectivity index (χ0v) is 22.5. The molecule has 0 fully saturated rings. The average molecular weight is 573 g/mol. The second kappa shape index (κ2) is 11.2. The zero-order chi connectivity index (χ0) is 28.3. The molecule has 0 atom stereocenters. The van der Waals surface area contributed by atoms with Crippen LogP contribution >= 0.6 is 11.8 Å². The monoisotopic (exact) mass is 572 g/mol. The molecule has 1 aliphatic rings. The molecule has 0 radical (unpaired) electrons. The van der Waals surface area contributed by atoms with Crippen molar-refractivity contribution in [2.75, 3.05) is 11.6 Å². The average Bonchev–Trinajstić information content (AvgIpc) is 3.23. The van der Waals surface area contributed by atoms with Gasteiger partial charge in [0.25, 0.3) is 17.7 Å². The summed E-state index contributed by atoms with van der Waals surface area (Å²) >= 11 is 1.55. The van der Waals surface area contributed by atoms with Crippen molar-refractivity contribution in [3.05, 3.63) is 114 Å². The highest BCUT2D eigenvalue weighted by molar-refractivity contribution is 7.98. The summed E-state index contributed by atoms with van der Waals surface area (Å²) in [5.74, 6) is -2.36. The third-order valence-electron chi connectivity index (χ3n) is 5.81. The van der Waals surface area contributed by atoms with E-state index in [-0.39, 0.29) is 38.4 Å². The van der Waals surface area contributed by atoms with E-state index in [2.05, 4.69) is 15.3 Å². The first-order valence-corrected chi connectivity index (χ1v) is 14.4. The molecule has 0 aliphatic carbocycles. The molecular weight excluding hydrogens is 552 g/mol. The summed E-state index contributed by atoms with van der Waals surface area (Å²) in [5.41, 5.74) is 0.819. The quantitative estimate of drug-likeness (QED) is 0.245. The van der Waals surface area contributed by atoms with Crippen LogP contribution in [0.25, 0.3) is 11.1 Å². The summed E-state index contributed by atoms with van der Waals surface area (Å²) in [7, 11) is -4.62. The zero-order valence-electron chi connectivity index (χ0n) is 20.8. The topological polar surface area (TPSA) is 136 Å². The van der Waals surface area contributed by atoms with Crippen LogP contribution in [0.15, 0.2) is 107 Å². The number of nitrogens with zero attached hydrogens (tertiary/aromatic N) is 3. The molecule has 4 aromatic rings. The van der Waals surface area contributed by atoms with Crippen LogP contribution in [0.5, 0.6) is 0 Å². The first-order chi connectivity index (χ1) is 19.3. The van der Waals surface area contributed by atoms with Gasteiger partial charge in [0.05, 0.1) is 27.4 Å². The molecule has 0 unspecified atom stereocenters. The summed E-state index contributed by atoms with van der Waals surface area (Å²) in [6.45, 7) is 0. The van der Waals surface area contributed by atoms with Gasteiger partial charge in [-0.3, -0.25) is 24.4 Å². The van der Waals surface area contributed by atoms with Gasteiger partial charge in [0.15, 0.2) is 0 Å². The van der Waals surface area contributed by atoms with E-state index < -0.39 is 21.9 Å². The standard InChI is InChI=1S/C28H20N4O6S2/c1-39-20-12-8-18(9-13-20)26(33)31-19-10-14-21(15-11-19)40(36,37)38-32-27(34)24(22-6-2-4-16-29-22)25(28(32)35)23-7-3-5-17-30-23/h2-17H,1H3,(H,31,33). The number of hydrogen-bond acceptors (Lipinski definition) is 9. The Morgan fingerprint density at radius 3 is 1.82 bits per heavy atom. The molecule has 5 rings (SSSR count). The fourth-order valence-corrected chi connectivity index (χ4v) is 5.16. The molecule has 2 aromatic carbocycles. The maximum atomic E-state index is 13.3. The molecule has 0 saturated carbocycles. The van der Waals surface area contributed by atoms with E-state index in [0.29, 0.717) is 11.3 Å². The fraction of sp³-hybridized carbons (Fsp3) is 0.0357. The Bertz CT molecular complexity index is 1660. The Labute approximate surface area is 233 Å². The molecule has 3 heterocycles. The Hall–Kier alpha value is -4.65. The van der Waals surface area contributed by atoms with Gasteiger partial charge >= 0.3 is 10.1 Å². The van der Waals surface area contributed by atoms with E-state index in [1.165, 1.54) is 48.8 Å². The molecule has 0 saturated heterocycles. The molecule has 2 aromatic heterocycles. The molecule has 3 amide bonds. The van der Waals surface area contributed by atoms with Crippen LogP contribution in [-0.4, -0.2) is 47.4 Å². The second-order valence-electron chi connectivity index (χ2n) is 8.32. The highest BCUT2D eigenvalue weighted by Crippen LogP contribution is 2.35. The second-order valence-corrected chi connectivity index (χ2v) is 10.7. The number of aromatic nitrogens is 2. The number of pyridine rings is 2. The van der Waals surface area contributed by atoms with Crippen molar-refractivity contribution in [3.63, 3.8) is 0 Å². The number of hydroxylamine groups is 2. The van der Waals surface area contributed by atoms with Crippen LogP contribution < -0.4 is 5.32 Å². The number of anilines is 1. The molecule has 12 heteroatoms. The number of imide groups is 1. The van der Waals surface area contributed by atoms with Gasteiger partial charge in [0.1, 0.15) is 0 Å². The highest BCUT2D eigenvalue weighted by atomic mass is 32.2. The van der Waals surface area contributed by atoms with Crippen LogP contribution in [0, 0.1) is 0 Å². The minimum atomic E-state index is -4.62. The summed E-state index contributed by atoms with van der Waals surface area (Å²) in [5, 5.41) is 2.88. The van der Waals surface area contributed by atoms with Crippen LogP contribution in [0.1, 0.15) is 21.7 Å². The number of carbonyl (C=O) groups is 3. The third kappa shape index (κ3) is 5.41. The van der Waals surface area contributed by atoms with Crippen molar-refractivity contribution in [2.24, 2.45) is 0 Å². The number of thioether (sulfide) groups is 1. The van der Waals surface area contributed by atoms with Gasteiger partial charge in [0.2, 0.25) is 0 Å². The van der Waals surface area contributed by atoms with Gasteiger partial charge in [-0.15, -0.1) is 21.1 Å². The number of benzene rings is 2. The van der Waals surface area contributed by atoms with Gasteiger partial charge in [-0.05, 0) is 79.1 Å². The molecular formula is C28H20N4O6S2. The number of nitrogens with one attached hydrogen (secondary N) is 1. The van der Waals surface area contributed by atoms with E-state index in [4.69, 9.17) is 4.28 Å². The first kappa shape index (κ1) is 26.9. The number of carbonyl (C=O) groups excluding carboxylic acids is 3. The van der Waals surface area contributed by atoms with Gasteiger partial charge in [0, 0.05) is 28.5 Å². The lowest BCUT2D eigenvalue weighted by Gasteiger charge is -2.14. The maximum absolute atomic E-state index is 13.3. The summed E-state index contributed by atoms with van der Waals surface area (Å²) in [6, 6.07) is 21.7. The van der Waals surface area contributed by atoms with Crippen molar-refractivity contribution in [1.82, 2.24) is 15.0 Å². The van der Waals surface area contributed by atoms with E-state index in [1.54, 1.807) is 48.2 Å². The SMILES string of the molecule is CSc1ccc(C(=O)Nc2ccc(S(=O)(=O)ON3C(=O)C(c4ccccn4)=C(c4ccccn4)C3=O)cc2)cc1. The largest absolute Gasteiger partial charge is 0.322 e. The molecule has 0 spiro atoms. The summed E-state index contributed by atoms with van der Waals surface area (Å²) in [6.07, 6.45) is 4.81. The van der Waals surface area contributed by atoms with Crippen LogP contribution in [0.4, 0.5) is 5.69 Å². The Balaban J connectivity index is 1.36. The van der Waals surface area contributed by atoms with E-state index >= 15 is 0 Å². The predicted molar refractivity (Wildman–Crippen MR) is 148 cm³/mol. The third-order valence-corrected chi connectivity index (χ3v) is 7.75. The summed E-state index contributed by atoms with van der Waals surface area (Å²) < 4.78 is 31.2. The van der Waals surface area contributed by atoms with Crippen molar-refractivity contribution in [2.45, 2.75) is 9.79 Å². The van der Waals surface area contributed by atoms with Crippen LogP contribution in [0.2, 0.25) is 0 Å². The van der Waals surface area contributed by atoms with Crippen molar-refractivity contribution in [3.8, 4) is 0 Å². The van der Waals surface area contributed by atoms with Gasteiger partial charge in [-0.1, -0.05) is 12.1 Å². The molecule has 0 bridgehead atoms. The predicted octanol–water partition coefficient (Wildman–Crippen LogP) is 4.05. The van der Waals surface area contributed by atoms with Gasteiger partial charge in [-0.2, -0.15) is 8.42 Å². The van der Waals surface area contributed by atoms with Crippen molar-refractivity contribution < 1.29 is 27.1 Å². The molecule has 40 heavy (non-hydrogen) atoms. The number of rotatable bonds is 8. The van der Waals surface area contributed by atoms with E-state index in [0.717, 1.165) is 4.90 Å². The van der Waals surface area contributed by atoms with Crippen molar-refractivity contribution >= 4 is 56.4 Å². The van der Waals surface area contributed by atoms with Gasteiger partial charge < -0.3 is 5.32 Å². The molecule has 1 N–H and O–H groups in total. The summed E-state index contributed by atoms with van der Waals surface area (Å²) in [4.78, 5) is 48.1. The lowest BCUT2D eigenvalue weighted by molar-refractivity contribution is -0.160. The minimum absolute atomic E-state index is 0.136. The first-order valence-electron chi connectivity index (χ1n) is 11.7. The Morgan fingerprint density at radius 2 is 1.35 bits per heavy atom. The maximum Gasteiger partial charge on any atom is 0.318 e. The fourth-order valence-electron chi connectivity index (χ4n) is 3.87. The highest BCUT2D eigenvalue weighted by Gasteiger charge is 2.44. The lowest BCUT2D eigenvalue weighted by atomic mass is 10.0.